The Kier molecular flexibility index (Phi) is 4.58. The maximum atomic E-state index is 11.9. The maximum Gasteiger partial charge on any atom is 0.319 e. The molecule has 23 heavy (non-hydrogen) atoms. The SMILES string of the molecule is O=C(NCCc1ccccc1)Nc1cccc(-n2cnnn2)c1. The molecule has 0 bridgehead atoms. The summed E-state index contributed by atoms with van der Waals surface area (Å²) in [5.41, 5.74) is 2.64. The normalized spacial score (nSPS) is 10.3. The van der Waals surface area contributed by atoms with Crippen LogP contribution in [0.1, 0.15) is 5.56 Å². The molecular formula is C16H16N6O. The van der Waals surface area contributed by atoms with Gasteiger partial charge in [-0.2, -0.15) is 0 Å². The molecule has 0 aliphatic carbocycles. The van der Waals surface area contributed by atoms with Crippen LogP contribution < -0.4 is 10.6 Å². The molecule has 0 saturated heterocycles. The van der Waals surface area contributed by atoms with Gasteiger partial charge in [0.2, 0.25) is 0 Å². The maximum absolute atomic E-state index is 11.9. The topological polar surface area (TPSA) is 84.7 Å². The van der Waals surface area contributed by atoms with Crippen molar-refractivity contribution in [1.29, 1.82) is 0 Å². The number of carbonyl (C=O) groups excluding carboxylic acids is 1. The number of nitrogens with zero attached hydrogens (tertiary/aromatic N) is 4. The van der Waals surface area contributed by atoms with Crippen molar-refractivity contribution in [1.82, 2.24) is 25.5 Å². The summed E-state index contributed by atoms with van der Waals surface area (Å²) in [7, 11) is 0. The second-order valence-electron chi connectivity index (χ2n) is 4.92. The van der Waals surface area contributed by atoms with E-state index in [0.717, 1.165) is 12.1 Å². The first-order chi connectivity index (χ1) is 11.3. The fraction of sp³-hybridized carbons (Fsp3) is 0.125. The van der Waals surface area contributed by atoms with Gasteiger partial charge in [-0.15, -0.1) is 5.10 Å². The molecule has 7 nitrogen and oxygen atoms in total. The van der Waals surface area contributed by atoms with Crippen LogP contribution in [0.5, 0.6) is 0 Å². The van der Waals surface area contributed by atoms with E-state index < -0.39 is 0 Å². The standard InChI is InChI=1S/C16H16N6O/c23-16(17-10-9-13-5-2-1-3-6-13)19-14-7-4-8-15(11-14)22-12-18-20-21-22/h1-8,11-12H,9-10H2,(H2,17,19,23). The number of urea groups is 1. The number of carbonyl (C=O) groups is 1. The minimum absolute atomic E-state index is 0.241. The van der Waals surface area contributed by atoms with Gasteiger partial charge in [0.1, 0.15) is 6.33 Å². The van der Waals surface area contributed by atoms with E-state index >= 15 is 0 Å². The average molecular weight is 308 g/mol. The first-order valence-corrected chi connectivity index (χ1v) is 7.23. The number of nitrogens with one attached hydrogen (secondary N) is 2. The Morgan fingerprint density at radius 3 is 2.74 bits per heavy atom. The molecule has 0 aliphatic heterocycles. The Morgan fingerprint density at radius 2 is 1.96 bits per heavy atom. The lowest BCUT2D eigenvalue weighted by molar-refractivity contribution is 0.252. The van der Waals surface area contributed by atoms with Crippen molar-refractivity contribution < 1.29 is 4.79 Å². The second kappa shape index (κ2) is 7.17. The average Bonchev–Trinajstić information content (AvgIpc) is 3.11. The van der Waals surface area contributed by atoms with Crippen molar-refractivity contribution in [2.75, 3.05) is 11.9 Å². The number of tetrazole rings is 1. The minimum Gasteiger partial charge on any atom is -0.338 e. The lowest BCUT2D eigenvalue weighted by Gasteiger charge is -2.09. The quantitative estimate of drug-likeness (QED) is 0.755. The number of hydrogen-bond acceptors (Lipinski definition) is 4. The van der Waals surface area contributed by atoms with Crippen LogP contribution >= 0.6 is 0 Å². The molecule has 3 rings (SSSR count). The van der Waals surface area contributed by atoms with Crippen molar-refractivity contribution in [3.63, 3.8) is 0 Å². The molecule has 0 fully saturated rings. The molecule has 0 saturated carbocycles. The number of anilines is 1. The Morgan fingerprint density at radius 1 is 1.09 bits per heavy atom. The van der Waals surface area contributed by atoms with Gasteiger partial charge in [-0.05, 0) is 40.6 Å². The summed E-state index contributed by atoms with van der Waals surface area (Å²) in [6.07, 6.45) is 2.29. The van der Waals surface area contributed by atoms with Gasteiger partial charge in [-0.3, -0.25) is 0 Å². The molecule has 0 atom stereocenters. The lowest BCUT2D eigenvalue weighted by Crippen LogP contribution is -2.30. The van der Waals surface area contributed by atoms with Crippen LogP contribution in [0.15, 0.2) is 60.9 Å². The molecule has 0 unspecified atom stereocenters. The van der Waals surface area contributed by atoms with E-state index in [2.05, 4.69) is 26.2 Å². The lowest BCUT2D eigenvalue weighted by atomic mass is 10.1. The number of aromatic nitrogens is 4. The van der Waals surface area contributed by atoms with Crippen molar-refractivity contribution in [2.24, 2.45) is 0 Å². The highest BCUT2D eigenvalue weighted by atomic mass is 16.2. The van der Waals surface area contributed by atoms with Crippen LogP contribution in [0.3, 0.4) is 0 Å². The molecule has 0 spiro atoms. The highest BCUT2D eigenvalue weighted by molar-refractivity contribution is 5.89. The molecule has 0 aliphatic rings. The van der Waals surface area contributed by atoms with Gasteiger partial charge in [0, 0.05) is 12.2 Å². The summed E-state index contributed by atoms with van der Waals surface area (Å²) in [5, 5.41) is 16.6. The van der Waals surface area contributed by atoms with Crippen molar-refractivity contribution in [3.8, 4) is 5.69 Å². The number of amides is 2. The van der Waals surface area contributed by atoms with Crippen molar-refractivity contribution in [3.05, 3.63) is 66.5 Å². The summed E-state index contributed by atoms with van der Waals surface area (Å²) in [6.45, 7) is 0.572. The van der Waals surface area contributed by atoms with Crippen LogP contribution in [0.4, 0.5) is 10.5 Å². The van der Waals surface area contributed by atoms with Gasteiger partial charge in [-0.1, -0.05) is 36.4 Å². The zero-order valence-corrected chi connectivity index (χ0v) is 12.4. The van der Waals surface area contributed by atoms with Crippen molar-refractivity contribution >= 4 is 11.7 Å². The molecule has 0 radical (unpaired) electrons. The smallest absolute Gasteiger partial charge is 0.319 e. The molecule has 116 valence electrons. The monoisotopic (exact) mass is 308 g/mol. The highest BCUT2D eigenvalue weighted by Crippen LogP contribution is 2.13. The van der Waals surface area contributed by atoms with Gasteiger partial charge in [0.25, 0.3) is 0 Å². The fourth-order valence-electron chi connectivity index (χ4n) is 2.15. The Labute approximate surface area is 133 Å². The summed E-state index contributed by atoms with van der Waals surface area (Å²) < 4.78 is 1.53. The van der Waals surface area contributed by atoms with Gasteiger partial charge in [0.15, 0.2) is 0 Å². The zero-order chi connectivity index (χ0) is 15.9. The van der Waals surface area contributed by atoms with Gasteiger partial charge in [-0.25, -0.2) is 9.48 Å². The fourth-order valence-corrected chi connectivity index (χ4v) is 2.15. The number of benzene rings is 2. The summed E-state index contributed by atoms with van der Waals surface area (Å²) in [5.74, 6) is 0. The highest BCUT2D eigenvalue weighted by Gasteiger charge is 2.04. The van der Waals surface area contributed by atoms with Crippen LogP contribution in [0.25, 0.3) is 5.69 Å². The predicted molar refractivity (Wildman–Crippen MR) is 86.3 cm³/mol. The summed E-state index contributed by atoms with van der Waals surface area (Å²) >= 11 is 0. The third kappa shape index (κ3) is 4.13. The van der Waals surface area contributed by atoms with Gasteiger partial charge in [0.05, 0.1) is 5.69 Å². The largest absolute Gasteiger partial charge is 0.338 e. The molecule has 7 heteroatoms. The van der Waals surface area contributed by atoms with E-state index in [1.54, 1.807) is 6.07 Å². The first kappa shape index (κ1) is 14.7. The van der Waals surface area contributed by atoms with E-state index in [4.69, 9.17) is 0 Å². The Balaban J connectivity index is 1.53. The van der Waals surface area contributed by atoms with Crippen LogP contribution in [0.2, 0.25) is 0 Å². The minimum atomic E-state index is -0.241. The third-order valence-corrected chi connectivity index (χ3v) is 3.26. The van der Waals surface area contributed by atoms with E-state index in [-0.39, 0.29) is 6.03 Å². The molecule has 2 amide bonds. The van der Waals surface area contributed by atoms with Crippen LogP contribution in [-0.2, 0) is 6.42 Å². The molecule has 2 aromatic carbocycles. The summed E-state index contributed by atoms with van der Waals surface area (Å²) in [6, 6.07) is 17.1. The Bertz CT molecular complexity index is 757. The Hall–Kier alpha value is -3.22. The van der Waals surface area contributed by atoms with Crippen LogP contribution in [-0.4, -0.2) is 32.8 Å². The molecule has 2 N–H and O–H groups in total. The summed E-state index contributed by atoms with van der Waals surface area (Å²) in [4.78, 5) is 11.9. The van der Waals surface area contributed by atoms with E-state index in [1.807, 2.05) is 48.5 Å². The van der Waals surface area contributed by atoms with Crippen molar-refractivity contribution in [2.45, 2.75) is 6.42 Å². The zero-order valence-electron chi connectivity index (χ0n) is 12.4. The number of rotatable bonds is 5. The third-order valence-electron chi connectivity index (χ3n) is 3.26. The van der Waals surface area contributed by atoms with E-state index in [9.17, 15) is 4.79 Å². The molecule has 1 heterocycles. The van der Waals surface area contributed by atoms with E-state index in [0.29, 0.717) is 12.2 Å². The van der Waals surface area contributed by atoms with Gasteiger partial charge >= 0.3 is 6.03 Å². The second-order valence-corrected chi connectivity index (χ2v) is 4.92. The first-order valence-electron chi connectivity index (χ1n) is 7.23. The molecule has 3 aromatic rings. The van der Waals surface area contributed by atoms with Gasteiger partial charge < -0.3 is 10.6 Å². The number of hydrogen-bond donors (Lipinski definition) is 2. The molecule has 1 aromatic heterocycles. The van der Waals surface area contributed by atoms with E-state index in [1.165, 1.54) is 16.6 Å². The predicted octanol–water partition coefficient (Wildman–Crippen LogP) is 2.03. The van der Waals surface area contributed by atoms with Crippen LogP contribution in [0, 0.1) is 0 Å². The molecular weight excluding hydrogens is 292 g/mol.